The number of hydrogen-bond acceptors (Lipinski definition) is 3. The monoisotopic (exact) mass is 335 g/mol. The molecule has 0 unspecified atom stereocenters. The number of likely N-dealkylation sites (tertiary alicyclic amines) is 1. The molecular weight excluding hydrogens is 314 g/mol. The van der Waals surface area contributed by atoms with Crippen molar-refractivity contribution in [3.8, 4) is 0 Å². The average Bonchev–Trinajstić information content (AvgIpc) is 3.15. The SMILES string of the molecule is O=C(Nc1ccon1)N1CCC(Cc2ccc3ccccc3c2)CC1. The molecule has 5 heteroatoms. The number of nitrogens with one attached hydrogen (secondary N) is 1. The van der Waals surface area contributed by atoms with Crippen molar-refractivity contribution in [1.82, 2.24) is 10.1 Å². The Morgan fingerprint density at radius 3 is 2.68 bits per heavy atom. The van der Waals surface area contributed by atoms with Crippen LogP contribution in [0.25, 0.3) is 10.8 Å². The Balaban J connectivity index is 1.32. The number of carbonyl (C=O) groups excluding carboxylic acids is 1. The molecule has 1 aliphatic heterocycles. The number of fused-ring (bicyclic) bond motifs is 1. The smallest absolute Gasteiger partial charge is 0.323 e. The molecule has 5 nitrogen and oxygen atoms in total. The van der Waals surface area contributed by atoms with E-state index in [1.807, 2.05) is 4.90 Å². The van der Waals surface area contributed by atoms with Crippen LogP contribution in [0.3, 0.4) is 0 Å². The van der Waals surface area contributed by atoms with E-state index in [1.54, 1.807) is 6.07 Å². The highest BCUT2D eigenvalue weighted by molar-refractivity contribution is 5.88. The van der Waals surface area contributed by atoms with E-state index in [2.05, 4.69) is 52.9 Å². The molecule has 2 amide bonds. The van der Waals surface area contributed by atoms with Gasteiger partial charge in [0.05, 0.1) is 0 Å². The molecular formula is C20H21N3O2. The zero-order valence-corrected chi connectivity index (χ0v) is 14.0. The molecule has 0 bridgehead atoms. The van der Waals surface area contributed by atoms with E-state index in [1.165, 1.54) is 22.6 Å². The third-order valence-corrected chi connectivity index (χ3v) is 4.91. The van der Waals surface area contributed by atoms with Gasteiger partial charge in [-0.1, -0.05) is 47.6 Å². The number of hydrogen-bond donors (Lipinski definition) is 1. The number of nitrogens with zero attached hydrogens (tertiary/aromatic N) is 2. The van der Waals surface area contributed by atoms with E-state index in [4.69, 9.17) is 4.52 Å². The van der Waals surface area contributed by atoms with E-state index in [9.17, 15) is 4.79 Å². The number of urea groups is 1. The number of aromatic nitrogens is 1. The van der Waals surface area contributed by atoms with Gasteiger partial charge >= 0.3 is 6.03 Å². The zero-order valence-electron chi connectivity index (χ0n) is 14.0. The normalized spacial score (nSPS) is 15.4. The summed E-state index contributed by atoms with van der Waals surface area (Å²) in [7, 11) is 0. The quantitative estimate of drug-likeness (QED) is 0.776. The van der Waals surface area contributed by atoms with Crippen molar-refractivity contribution in [3.63, 3.8) is 0 Å². The number of benzene rings is 2. The van der Waals surface area contributed by atoms with Gasteiger partial charge in [0.2, 0.25) is 0 Å². The van der Waals surface area contributed by atoms with Gasteiger partial charge in [-0.3, -0.25) is 5.32 Å². The predicted molar refractivity (Wildman–Crippen MR) is 97.5 cm³/mol. The third kappa shape index (κ3) is 3.65. The van der Waals surface area contributed by atoms with Crippen LogP contribution < -0.4 is 5.32 Å². The number of amides is 2. The largest absolute Gasteiger partial charge is 0.363 e. The summed E-state index contributed by atoms with van der Waals surface area (Å²) in [6.07, 6.45) is 4.58. The summed E-state index contributed by atoms with van der Waals surface area (Å²) in [4.78, 5) is 14.1. The first kappa shape index (κ1) is 15.7. The van der Waals surface area contributed by atoms with E-state index in [-0.39, 0.29) is 6.03 Å². The van der Waals surface area contributed by atoms with Crippen LogP contribution in [0.15, 0.2) is 59.3 Å². The molecule has 1 saturated heterocycles. The fourth-order valence-corrected chi connectivity index (χ4v) is 3.50. The Hall–Kier alpha value is -2.82. The van der Waals surface area contributed by atoms with Crippen molar-refractivity contribution in [3.05, 3.63) is 60.4 Å². The van der Waals surface area contributed by atoms with Crippen molar-refractivity contribution in [2.75, 3.05) is 18.4 Å². The molecule has 4 rings (SSSR count). The molecule has 2 aromatic carbocycles. The number of rotatable bonds is 3. The standard InChI is InChI=1S/C20H21N3O2/c24-20(21-19-9-12-25-22-19)23-10-7-15(8-11-23)13-16-5-6-17-3-1-2-4-18(17)14-16/h1-6,9,12,14-15H,7-8,10-11,13H2,(H,21,22,24). The topological polar surface area (TPSA) is 58.4 Å². The van der Waals surface area contributed by atoms with Gasteiger partial charge in [-0.2, -0.15) is 0 Å². The van der Waals surface area contributed by atoms with Crippen LogP contribution in [0.1, 0.15) is 18.4 Å². The maximum absolute atomic E-state index is 12.2. The molecule has 3 aromatic rings. The first-order valence-electron chi connectivity index (χ1n) is 8.72. The van der Waals surface area contributed by atoms with Crippen molar-refractivity contribution in [2.24, 2.45) is 5.92 Å². The van der Waals surface area contributed by atoms with Gasteiger partial charge in [0, 0.05) is 19.2 Å². The third-order valence-electron chi connectivity index (χ3n) is 4.91. The van der Waals surface area contributed by atoms with Gasteiger partial charge in [-0.05, 0) is 41.5 Å². The first-order valence-corrected chi connectivity index (χ1v) is 8.72. The average molecular weight is 335 g/mol. The Bertz CT molecular complexity index is 852. The molecule has 1 fully saturated rings. The fourth-order valence-electron chi connectivity index (χ4n) is 3.50. The van der Waals surface area contributed by atoms with Crippen molar-refractivity contribution in [2.45, 2.75) is 19.3 Å². The van der Waals surface area contributed by atoms with Gasteiger partial charge in [-0.25, -0.2) is 4.79 Å². The minimum absolute atomic E-state index is 0.0990. The summed E-state index contributed by atoms with van der Waals surface area (Å²) < 4.78 is 4.73. The summed E-state index contributed by atoms with van der Waals surface area (Å²) in [6.45, 7) is 1.56. The van der Waals surface area contributed by atoms with Crippen molar-refractivity contribution >= 4 is 22.6 Å². The summed E-state index contributed by atoms with van der Waals surface area (Å²) >= 11 is 0. The van der Waals surface area contributed by atoms with Gasteiger partial charge in [0.25, 0.3) is 0 Å². The molecule has 1 aliphatic rings. The molecule has 0 aliphatic carbocycles. The summed E-state index contributed by atoms with van der Waals surface area (Å²) in [5.74, 6) is 1.08. The van der Waals surface area contributed by atoms with Crippen molar-refractivity contribution < 1.29 is 9.32 Å². The number of anilines is 1. The van der Waals surface area contributed by atoms with Crippen molar-refractivity contribution in [1.29, 1.82) is 0 Å². The maximum Gasteiger partial charge on any atom is 0.323 e. The molecule has 0 saturated carbocycles. The first-order chi connectivity index (χ1) is 12.3. The lowest BCUT2D eigenvalue weighted by molar-refractivity contribution is 0.182. The summed E-state index contributed by atoms with van der Waals surface area (Å²) in [5.41, 5.74) is 1.38. The number of carbonyl (C=O) groups is 1. The van der Waals surface area contributed by atoms with Crippen LogP contribution in [-0.4, -0.2) is 29.2 Å². The van der Waals surface area contributed by atoms with Crippen LogP contribution in [0.2, 0.25) is 0 Å². The molecule has 0 radical (unpaired) electrons. The van der Waals surface area contributed by atoms with Crippen LogP contribution in [-0.2, 0) is 6.42 Å². The minimum Gasteiger partial charge on any atom is -0.363 e. The highest BCUT2D eigenvalue weighted by atomic mass is 16.5. The van der Waals surface area contributed by atoms with Gasteiger partial charge in [0.15, 0.2) is 5.82 Å². The lowest BCUT2D eigenvalue weighted by Gasteiger charge is -2.31. The highest BCUT2D eigenvalue weighted by Gasteiger charge is 2.23. The molecule has 1 N–H and O–H groups in total. The lowest BCUT2D eigenvalue weighted by Crippen LogP contribution is -2.41. The zero-order chi connectivity index (χ0) is 17.1. The second-order valence-electron chi connectivity index (χ2n) is 6.63. The van der Waals surface area contributed by atoms with Gasteiger partial charge < -0.3 is 9.42 Å². The lowest BCUT2D eigenvalue weighted by atomic mass is 9.89. The molecule has 0 spiro atoms. The molecule has 2 heterocycles. The van der Waals surface area contributed by atoms with E-state index in [0.29, 0.717) is 11.7 Å². The molecule has 1 aromatic heterocycles. The van der Waals surface area contributed by atoms with Crippen LogP contribution in [0.4, 0.5) is 10.6 Å². The molecule has 128 valence electrons. The van der Waals surface area contributed by atoms with Crippen LogP contribution in [0.5, 0.6) is 0 Å². The Morgan fingerprint density at radius 1 is 1.12 bits per heavy atom. The van der Waals surface area contributed by atoms with E-state index in [0.717, 1.165) is 32.4 Å². The van der Waals surface area contributed by atoms with E-state index >= 15 is 0 Å². The van der Waals surface area contributed by atoms with Gasteiger partial charge in [-0.15, -0.1) is 0 Å². The number of piperidine rings is 1. The second-order valence-corrected chi connectivity index (χ2v) is 6.63. The summed E-state index contributed by atoms with van der Waals surface area (Å²) in [5, 5.41) is 9.05. The highest BCUT2D eigenvalue weighted by Crippen LogP contribution is 2.24. The molecule has 0 atom stereocenters. The predicted octanol–water partition coefficient (Wildman–Crippen LogP) is 4.31. The Labute approximate surface area is 146 Å². The Morgan fingerprint density at radius 2 is 1.92 bits per heavy atom. The van der Waals surface area contributed by atoms with Gasteiger partial charge in [0.1, 0.15) is 6.26 Å². The van der Waals surface area contributed by atoms with E-state index < -0.39 is 0 Å². The summed E-state index contributed by atoms with van der Waals surface area (Å²) in [6, 6.07) is 16.7. The maximum atomic E-state index is 12.2. The Kier molecular flexibility index (Phi) is 4.37. The van der Waals surface area contributed by atoms with Crippen LogP contribution >= 0.6 is 0 Å². The second kappa shape index (κ2) is 6.97. The minimum atomic E-state index is -0.0990. The molecule has 25 heavy (non-hydrogen) atoms. The van der Waals surface area contributed by atoms with Crippen LogP contribution in [0, 0.1) is 5.92 Å². The fraction of sp³-hybridized carbons (Fsp3) is 0.300.